The molecule has 9 nitrogen and oxygen atoms in total. The van der Waals surface area contributed by atoms with Crippen LogP contribution in [0.5, 0.6) is 0 Å². The van der Waals surface area contributed by atoms with Gasteiger partial charge in [0.25, 0.3) is 0 Å². The molecular formula is C45H42F3N3O6S3. The van der Waals surface area contributed by atoms with Gasteiger partial charge in [0.2, 0.25) is 30.1 Å². The Morgan fingerprint density at radius 2 is 0.517 bits per heavy atom. The van der Waals surface area contributed by atoms with E-state index in [1.54, 1.807) is 57.2 Å². The molecule has 0 radical (unpaired) electrons. The number of halogens is 3. The number of nitrogens with zero attached hydrogens (tertiary/aromatic N) is 3. The molecule has 7 rings (SSSR count). The Labute approximate surface area is 349 Å². The SMILES string of the molecule is Cc1ccc(S(=O)(=O)N2Cc3cccc(c3F)CN(S(=O)(=O)c3ccc(C)cc3)Cc3cccc(c3F)CN(S(=O)(=O)c3ccc(C)cc3)Cc3cccc(c3F)C2)cc1. The van der Waals surface area contributed by atoms with Crippen LogP contribution in [0.3, 0.4) is 0 Å². The number of sulfonamides is 3. The summed E-state index contributed by atoms with van der Waals surface area (Å²) in [6.45, 7) is 1.82. The van der Waals surface area contributed by atoms with Crippen LogP contribution < -0.4 is 0 Å². The second-order valence-corrected chi connectivity index (χ2v) is 20.7. The molecule has 0 aliphatic carbocycles. The maximum Gasteiger partial charge on any atom is 0.243 e. The van der Waals surface area contributed by atoms with Crippen molar-refractivity contribution in [2.45, 2.75) is 74.7 Å². The summed E-state index contributed by atoms with van der Waals surface area (Å²) >= 11 is 0. The third-order valence-corrected chi connectivity index (χ3v) is 16.0. The molecule has 0 atom stereocenters. The van der Waals surface area contributed by atoms with E-state index in [1.807, 2.05) is 0 Å². The molecule has 0 aromatic heterocycles. The first-order chi connectivity index (χ1) is 28.4. The smallest absolute Gasteiger partial charge is 0.207 e. The Balaban J connectivity index is 1.43. The molecule has 0 unspecified atom stereocenters. The molecule has 0 saturated carbocycles. The highest BCUT2D eigenvalue weighted by Crippen LogP contribution is 2.31. The molecular weight excluding hydrogens is 832 g/mol. The largest absolute Gasteiger partial charge is 0.243 e. The summed E-state index contributed by atoms with van der Waals surface area (Å²) in [6, 6.07) is 30.5. The third-order valence-electron chi connectivity index (χ3n) is 10.5. The predicted molar refractivity (Wildman–Crippen MR) is 222 cm³/mol. The first-order valence-corrected chi connectivity index (χ1v) is 23.3. The first kappa shape index (κ1) is 42.9. The number of hydrogen-bond donors (Lipinski definition) is 0. The minimum atomic E-state index is -4.44. The molecule has 6 bridgehead atoms. The molecule has 0 fully saturated rings. The van der Waals surface area contributed by atoms with E-state index in [1.165, 1.54) is 91.0 Å². The van der Waals surface area contributed by atoms with E-state index < -0.39 is 86.8 Å². The lowest BCUT2D eigenvalue weighted by molar-refractivity contribution is 0.366. The average Bonchev–Trinajstić information content (AvgIpc) is 3.21. The number of rotatable bonds is 6. The van der Waals surface area contributed by atoms with Crippen LogP contribution in [0.15, 0.2) is 142 Å². The van der Waals surface area contributed by atoms with Crippen LogP contribution in [0.1, 0.15) is 50.1 Å². The van der Waals surface area contributed by atoms with Crippen molar-refractivity contribution in [3.63, 3.8) is 0 Å². The van der Waals surface area contributed by atoms with Gasteiger partial charge in [-0.25, -0.2) is 38.4 Å². The van der Waals surface area contributed by atoms with Crippen LogP contribution in [0, 0.1) is 38.2 Å². The van der Waals surface area contributed by atoms with Crippen LogP contribution in [-0.4, -0.2) is 38.2 Å². The molecule has 6 aromatic rings. The predicted octanol–water partition coefficient (Wildman–Crippen LogP) is 8.52. The Kier molecular flexibility index (Phi) is 12.2. The lowest BCUT2D eigenvalue weighted by Gasteiger charge is -2.27. The molecule has 1 aliphatic rings. The van der Waals surface area contributed by atoms with Gasteiger partial charge in [0, 0.05) is 72.6 Å². The minimum absolute atomic E-state index is 0.128. The Morgan fingerprint density at radius 3 is 0.700 bits per heavy atom. The van der Waals surface area contributed by atoms with Gasteiger partial charge in [0.15, 0.2) is 0 Å². The van der Waals surface area contributed by atoms with Gasteiger partial charge in [-0.2, -0.15) is 12.9 Å². The van der Waals surface area contributed by atoms with E-state index in [0.29, 0.717) is 0 Å². The fourth-order valence-electron chi connectivity index (χ4n) is 7.03. The summed E-state index contributed by atoms with van der Waals surface area (Å²) in [5, 5.41) is 0. The number of fused-ring (bicyclic) bond motifs is 6. The van der Waals surface area contributed by atoms with Gasteiger partial charge >= 0.3 is 0 Å². The summed E-state index contributed by atoms with van der Waals surface area (Å²) in [6.07, 6.45) is 0. The van der Waals surface area contributed by atoms with Crippen molar-refractivity contribution in [2.75, 3.05) is 0 Å². The Hall–Kier alpha value is -5.16. The lowest BCUT2D eigenvalue weighted by Crippen LogP contribution is -2.33. The maximum atomic E-state index is 16.8. The van der Waals surface area contributed by atoms with Gasteiger partial charge in [-0.15, -0.1) is 0 Å². The van der Waals surface area contributed by atoms with Crippen molar-refractivity contribution in [3.8, 4) is 0 Å². The highest BCUT2D eigenvalue weighted by atomic mass is 32.2. The quantitative estimate of drug-likeness (QED) is 0.166. The van der Waals surface area contributed by atoms with Gasteiger partial charge in [-0.3, -0.25) is 0 Å². The third kappa shape index (κ3) is 8.83. The molecule has 1 heterocycles. The van der Waals surface area contributed by atoms with Crippen LogP contribution in [0.4, 0.5) is 13.2 Å². The maximum absolute atomic E-state index is 16.8. The van der Waals surface area contributed by atoms with Crippen LogP contribution in [0.2, 0.25) is 0 Å². The Morgan fingerprint density at radius 1 is 0.333 bits per heavy atom. The van der Waals surface area contributed by atoms with Gasteiger partial charge in [0.05, 0.1) is 14.7 Å². The van der Waals surface area contributed by atoms with E-state index in [2.05, 4.69) is 0 Å². The molecule has 6 aromatic carbocycles. The van der Waals surface area contributed by atoms with Crippen LogP contribution in [0.25, 0.3) is 0 Å². The molecule has 0 saturated heterocycles. The molecule has 0 spiro atoms. The normalized spacial score (nSPS) is 15.3. The van der Waals surface area contributed by atoms with Crippen LogP contribution in [-0.2, 0) is 69.3 Å². The van der Waals surface area contributed by atoms with Gasteiger partial charge in [-0.05, 0) is 57.2 Å². The van der Waals surface area contributed by atoms with Crippen molar-refractivity contribution < 1.29 is 38.4 Å². The highest BCUT2D eigenvalue weighted by molar-refractivity contribution is 7.89. The monoisotopic (exact) mass is 873 g/mol. The van der Waals surface area contributed by atoms with Crippen molar-refractivity contribution in [1.29, 1.82) is 0 Å². The molecule has 1 aliphatic heterocycles. The van der Waals surface area contributed by atoms with Crippen molar-refractivity contribution in [3.05, 3.63) is 195 Å². The average molecular weight is 874 g/mol. The van der Waals surface area contributed by atoms with Gasteiger partial charge in [-0.1, -0.05) is 108 Å². The molecule has 0 N–H and O–H groups in total. The number of hydrogen-bond acceptors (Lipinski definition) is 6. The van der Waals surface area contributed by atoms with E-state index in [-0.39, 0.29) is 48.1 Å². The topological polar surface area (TPSA) is 112 Å². The molecule has 60 heavy (non-hydrogen) atoms. The summed E-state index contributed by atoms with van der Waals surface area (Å²) in [4.78, 5) is -0.383. The van der Waals surface area contributed by atoms with E-state index in [9.17, 15) is 25.3 Å². The molecule has 0 amide bonds. The van der Waals surface area contributed by atoms with E-state index in [0.717, 1.165) is 29.6 Å². The molecule has 312 valence electrons. The second kappa shape index (κ2) is 17.1. The Bertz CT molecular complexity index is 2510. The van der Waals surface area contributed by atoms with Crippen molar-refractivity contribution in [2.24, 2.45) is 0 Å². The first-order valence-electron chi connectivity index (χ1n) is 18.9. The van der Waals surface area contributed by atoms with Crippen molar-refractivity contribution >= 4 is 30.1 Å². The molecule has 15 heteroatoms. The lowest BCUT2D eigenvalue weighted by atomic mass is 10.1. The second-order valence-electron chi connectivity index (χ2n) is 14.9. The fraction of sp³-hybridized carbons (Fsp3) is 0.200. The zero-order valence-corrected chi connectivity index (χ0v) is 35.5. The number of aryl methyl sites for hydroxylation is 3. The van der Waals surface area contributed by atoms with Gasteiger partial charge < -0.3 is 0 Å². The summed E-state index contributed by atoms with van der Waals surface area (Å²) in [5.74, 6) is -2.69. The summed E-state index contributed by atoms with van der Waals surface area (Å²) in [7, 11) is -13.3. The fourth-order valence-corrected chi connectivity index (χ4v) is 11.2. The van der Waals surface area contributed by atoms with E-state index >= 15 is 13.2 Å². The summed E-state index contributed by atoms with van der Waals surface area (Å²) in [5.41, 5.74) is 1.59. The highest BCUT2D eigenvalue weighted by Gasteiger charge is 2.33. The van der Waals surface area contributed by atoms with Crippen LogP contribution >= 0.6 is 0 Å². The zero-order chi connectivity index (χ0) is 43.0. The minimum Gasteiger partial charge on any atom is -0.207 e. The standard InChI is InChI=1S/C45H42F3N3O6S3/c1-31-13-19-40(20-14-31)58(52,53)49-25-34-7-4-9-36(43(34)46)27-50(59(54,55)41-21-15-32(2)16-22-41)29-38-11-6-12-39(45(38)48)30-51(28-37-10-5-8-35(26-49)44(37)47)60(56,57)42-23-17-33(3)18-24-42/h4-24H,25-30H2,1-3H3. The summed E-state index contributed by atoms with van der Waals surface area (Å²) < 4.78 is 139. The number of benzene rings is 6. The van der Waals surface area contributed by atoms with Gasteiger partial charge in [0.1, 0.15) is 17.5 Å². The van der Waals surface area contributed by atoms with Crippen molar-refractivity contribution in [1.82, 2.24) is 12.9 Å². The zero-order valence-electron chi connectivity index (χ0n) is 33.0. The van der Waals surface area contributed by atoms with E-state index in [4.69, 9.17) is 0 Å².